The van der Waals surface area contributed by atoms with Crippen molar-refractivity contribution >= 4 is 5.91 Å². The van der Waals surface area contributed by atoms with Crippen molar-refractivity contribution in [3.05, 3.63) is 0 Å². The van der Waals surface area contributed by atoms with Crippen LogP contribution >= 0.6 is 0 Å². The lowest BCUT2D eigenvalue weighted by Crippen LogP contribution is -2.45. The predicted octanol–water partition coefficient (Wildman–Crippen LogP) is 1.12. The average Bonchev–Trinajstić information content (AvgIpc) is 2.62. The molecule has 13 heavy (non-hydrogen) atoms. The van der Waals surface area contributed by atoms with Crippen LogP contribution in [0.1, 0.15) is 39.5 Å². The normalized spacial score (nSPS) is 24.8. The first kappa shape index (κ1) is 10.5. The Kier molecular flexibility index (Phi) is 3.72. The molecule has 1 heterocycles. The van der Waals surface area contributed by atoms with Gasteiger partial charge in [-0.15, -0.1) is 0 Å². The second kappa shape index (κ2) is 4.61. The van der Waals surface area contributed by atoms with E-state index in [1.807, 2.05) is 11.8 Å². The van der Waals surface area contributed by atoms with E-state index in [2.05, 4.69) is 6.92 Å². The Bertz CT molecular complexity index is 182. The monoisotopic (exact) mass is 184 g/mol. The molecule has 1 amide bonds. The van der Waals surface area contributed by atoms with E-state index in [4.69, 9.17) is 5.73 Å². The molecule has 0 radical (unpaired) electrons. The highest BCUT2D eigenvalue weighted by Gasteiger charge is 2.29. The van der Waals surface area contributed by atoms with Crippen LogP contribution in [0.2, 0.25) is 0 Å². The Morgan fingerprint density at radius 3 is 2.85 bits per heavy atom. The van der Waals surface area contributed by atoms with E-state index in [-0.39, 0.29) is 11.9 Å². The van der Waals surface area contributed by atoms with Gasteiger partial charge >= 0.3 is 0 Å². The lowest BCUT2D eigenvalue weighted by molar-refractivity contribution is -0.133. The number of hydrogen-bond acceptors (Lipinski definition) is 2. The third-order valence-electron chi connectivity index (χ3n) is 2.89. The molecule has 0 aliphatic carbocycles. The first-order chi connectivity index (χ1) is 6.20. The van der Waals surface area contributed by atoms with Crippen LogP contribution in [0.3, 0.4) is 0 Å². The molecule has 0 bridgehead atoms. The molecule has 0 spiro atoms. The molecular weight excluding hydrogens is 164 g/mol. The summed E-state index contributed by atoms with van der Waals surface area (Å²) >= 11 is 0. The Morgan fingerprint density at radius 1 is 1.62 bits per heavy atom. The molecule has 1 aliphatic rings. The second-order valence-electron chi connectivity index (χ2n) is 3.75. The zero-order chi connectivity index (χ0) is 9.84. The fourth-order valence-corrected chi connectivity index (χ4v) is 1.94. The number of carbonyl (C=O) groups excluding carboxylic acids is 1. The summed E-state index contributed by atoms with van der Waals surface area (Å²) in [5, 5.41) is 0. The summed E-state index contributed by atoms with van der Waals surface area (Å²) in [5.74, 6) is 0.145. The molecule has 0 aromatic heterocycles. The van der Waals surface area contributed by atoms with Crippen molar-refractivity contribution in [2.75, 3.05) is 6.54 Å². The minimum Gasteiger partial charge on any atom is -0.338 e. The van der Waals surface area contributed by atoms with Crippen LogP contribution in [0.5, 0.6) is 0 Å². The predicted molar refractivity (Wildman–Crippen MR) is 53.3 cm³/mol. The molecular formula is C10H20N2O. The van der Waals surface area contributed by atoms with Crippen LogP contribution in [-0.2, 0) is 4.79 Å². The third-order valence-corrected chi connectivity index (χ3v) is 2.89. The van der Waals surface area contributed by atoms with Crippen molar-refractivity contribution in [2.24, 2.45) is 5.73 Å². The van der Waals surface area contributed by atoms with Gasteiger partial charge in [0, 0.05) is 12.6 Å². The quantitative estimate of drug-likeness (QED) is 0.714. The zero-order valence-corrected chi connectivity index (χ0v) is 8.62. The highest BCUT2D eigenvalue weighted by atomic mass is 16.2. The summed E-state index contributed by atoms with van der Waals surface area (Å²) in [6.45, 7) is 5.00. The van der Waals surface area contributed by atoms with E-state index in [1.165, 1.54) is 0 Å². The third kappa shape index (κ3) is 2.21. The molecule has 3 heteroatoms. The average molecular weight is 184 g/mol. The highest BCUT2D eigenvalue weighted by molar-refractivity contribution is 5.82. The van der Waals surface area contributed by atoms with Crippen LogP contribution in [0.15, 0.2) is 0 Å². The van der Waals surface area contributed by atoms with Gasteiger partial charge in [-0.3, -0.25) is 4.79 Å². The molecule has 1 saturated heterocycles. The number of amides is 1. The van der Waals surface area contributed by atoms with Gasteiger partial charge in [0.2, 0.25) is 5.91 Å². The summed E-state index contributed by atoms with van der Waals surface area (Å²) in [4.78, 5) is 13.7. The number of nitrogens with two attached hydrogens (primary N) is 1. The Morgan fingerprint density at radius 2 is 2.31 bits per heavy atom. The van der Waals surface area contributed by atoms with E-state index in [0.717, 1.165) is 32.2 Å². The lowest BCUT2D eigenvalue weighted by Gasteiger charge is -2.26. The Balaban J connectivity index is 2.54. The SMILES string of the molecule is CCC(N)C(=O)N1CCCC1CC. The fraction of sp³-hybridized carbons (Fsp3) is 0.900. The number of hydrogen-bond donors (Lipinski definition) is 1. The van der Waals surface area contributed by atoms with Crippen LogP contribution in [0.25, 0.3) is 0 Å². The lowest BCUT2D eigenvalue weighted by atomic mass is 10.1. The molecule has 3 nitrogen and oxygen atoms in total. The van der Waals surface area contributed by atoms with Gasteiger partial charge in [0.15, 0.2) is 0 Å². The number of carbonyl (C=O) groups is 1. The highest BCUT2D eigenvalue weighted by Crippen LogP contribution is 2.20. The fourth-order valence-electron chi connectivity index (χ4n) is 1.94. The molecule has 0 aromatic carbocycles. The Hall–Kier alpha value is -0.570. The smallest absolute Gasteiger partial charge is 0.239 e. The maximum atomic E-state index is 11.7. The summed E-state index contributed by atoms with van der Waals surface area (Å²) in [6, 6.07) is 0.164. The van der Waals surface area contributed by atoms with Crippen LogP contribution in [0, 0.1) is 0 Å². The summed E-state index contributed by atoms with van der Waals surface area (Å²) in [7, 11) is 0. The number of nitrogens with zero attached hydrogens (tertiary/aromatic N) is 1. The van der Waals surface area contributed by atoms with Crippen molar-refractivity contribution in [3.63, 3.8) is 0 Å². The molecule has 2 atom stereocenters. The minimum absolute atomic E-state index is 0.145. The van der Waals surface area contributed by atoms with Gasteiger partial charge in [0.05, 0.1) is 6.04 Å². The van der Waals surface area contributed by atoms with Gasteiger partial charge < -0.3 is 10.6 Å². The molecule has 1 aliphatic heterocycles. The first-order valence-corrected chi connectivity index (χ1v) is 5.26. The van der Waals surface area contributed by atoms with E-state index in [0.29, 0.717) is 6.04 Å². The maximum absolute atomic E-state index is 11.7. The van der Waals surface area contributed by atoms with Gasteiger partial charge in [-0.1, -0.05) is 13.8 Å². The zero-order valence-electron chi connectivity index (χ0n) is 8.62. The van der Waals surface area contributed by atoms with E-state index >= 15 is 0 Å². The molecule has 0 saturated carbocycles. The topological polar surface area (TPSA) is 46.3 Å². The molecule has 1 fully saturated rings. The second-order valence-corrected chi connectivity index (χ2v) is 3.75. The largest absolute Gasteiger partial charge is 0.338 e. The van der Waals surface area contributed by atoms with Crippen molar-refractivity contribution in [3.8, 4) is 0 Å². The van der Waals surface area contributed by atoms with Crippen molar-refractivity contribution in [1.29, 1.82) is 0 Å². The van der Waals surface area contributed by atoms with Gasteiger partial charge in [-0.2, -0.15) is 0 Å². The van der Waals surface area contributed by atoms with Crippen molar-refractivity contribution < 1.29 is 4.79 Å². The number of rotatable bonds is 3. The van der Waals surface area contributed by atoms with Gasteiger partial charge in [-0.05, 0) is 25.7 Å². The molecule has 76 valence electrons. The number of likely N-dealkylation sites (tertiary alicyclic amines) is 1. The van der Waals surface area contributed by atoms with Crippen LogP contribution < -0.4 is 5.73 Å². The van der Waals surface area contributed by atoms with Crippen LogP contribution in [-0.4, -0.2) is 29.4 Å². The van der Waals surface area contributed by atoms with Gasteiger partial charge in [0.1, 0.15) is 0 Å². The van der Waals surface area contributed by atoms with E-state index in [9.17, 15) is 4.79 Å². The Labute approximate surface area is 80.3 Å². The van der Waals surface area contributed by atoms with Gasteiger partial charge in [-0.25, -0.2) is 0 Å². The maximum Gasteiger partial charge on any atom is 0.239 e. The molecule has 0 aromatic rings. The van der Waals surface area contributed by atoms with E-state index < -0.39 is 0 Å². The standard InChI is InChI=1S/C10H20N2O/c1-3-8-6-5-7-12(8)10(13)9(11)4-2/h8-9H,3-7,11H2,1-2H3. The minimum atomic E-state index is -0.285. The van der Waals surface area contributed by atoms with Crippen molar-refractivity contribution in [2.45, 2.75) is 51.6 Å². The molecule has 1 rings (SSSR count). The van der Waals surface area contributed by atoms with Crippen molar-refractivity contribution in [1.82, 2.24) is 4.90 Å². The van der Waals surface area contributed by atoms with Gasteiger partial charge in [0.25, 0.3) is 0 Å². The first-order valence-electron chi connectivity index (χ1n) is 5.26. The van der Waals surface area contributed by atoms with E-state index in [1.54, 1.807) is 0 Å². The molecule has 2 unspecified atom stereocenters. The summed E-state index contributed by atoms with van der Waals surface area (Å²) < 4.78 is 0. The summed E-state index contributed by atoms with van der Waals surface area (Å²) in [6.07, 6.45) is 4.09. The summed E-state index contributed by atoms with van der Waals surface area (Å²) in [5.41, 5.74) is 5.72. The van der Waals surface area contributed by atoms with Crippen LogP contribution in [0.4, 0.5) is 0 Å². The molecule has 2 N–H and O–H groups in total.